The number of imidazole rings is 1. The van der Waals surface area contributed by atoms with E-state index in [4.69, 9.17) is 0 Å². The summed E-state index contributed by atoms with van der Waals surface area (Å²) in [7, 11) is 0. The minimum atomic E-state index is -0.267. The van der Waals surface area contributed by atoms with Crippen molar-refractivity contribution in [1.29, 1.82) is 0 Å². The predicted octanol–water partition coefficient (Wildman–Crippen LogP) is 4.46. The smallest absolute Gasteiger partial charge is 0.227 e. The van der Waals surface area contributed by atoms with Crippen LogP contribution >= 0.6 is 0 Å². The van der Waals surface area contributed by atoms with Gasteiger partial charge in [-0.2, -0.15) is 0 Å². The lowest BCUT2D eigenvalue weighted by atomic mass is 9.93. The molecular formula is C26H29N3O2. The third kappa shape index (κ3) is 5.29. The Bertz CT molecular complexity index is 997. The van der Waals surface area contributed by atoms with E-state index in [1.54, 1.807) is 12.5 Å². The number of carbonyl (C=O) groups excluding carboxylic acids is 2. The number of ketones is 1. The summed E-state index contributed by atoms with van der Waals surface area (Å²) in [5.74, 6) is 0.284. The Labute approximate surface area is 183 Å². The van der Waals surface area contributed by atoms with Gasteiger partial charge in [0, 0.05) is 31.3 Å². The van der Waals surface area contributed by atoms with Gasteiger partial charge in [0.25, 0.3) is 0 Å². The SMILES string of the molecule is C[C@H](C(=O)N[C@H](Cn1ccnc1)c1ccccc1)c1ccc(CC2CCCC2=O)cc1. The second kappa shape index (κ2) is 9.73. The molecule has 0 aliphatic heterocycles. The summed E-state index contributed by atoms with van der Waals surface area (Å²) < 4.78 is 1.97. The molecule has 1 fully saturated rings. The standard InChI is InChI=1S/C26H29N3O2/c1-19(21-12-10-20(11-13-21)16-23-8-5-9-25(23)30)26(31)28-24(17-29-15-14-27-18-29)22-6-3-2-4-7-22/h2-4,6-7,10-15,18-19,23-24H,5,8-9,16-17H2,1H3,(H,28,31)/t19-,23?,24+/m0/s1. The van der Waals surface area contributed by atoms with Gasteiger partial charge < -0.3 is 9.88 Å². The van der Waals surface area contributed by atoms with Crippen LogP contribution in [-0.2, 0) is 22.6 Å². The lowest BCUT2D eigenvalue weighted by Crippen LogP contribution is -2.34. The molecule has 4 rings (SSSR count). The molecule has 1 aliphatic carbocycles. The minimum Gasteiger partial charge on any atom is -0.347 e. The topological polar surface area (TPSA) is 64.0 Å². The Morgan fingerprint density at radius 1 is 1.13 bits per heavy atom. The van der Waals surface area contributed by atoms with Crippen LogP contribution in [0.4, 0.5) is 0 Å². The zero-order chi connectivity index (χ0) is 21.6. The first-order valence-corrected chi connectivity index (χ1v) is 11.0. The lowest BCUT2D eigenvalue weighted by molar-refractivity contribution is -0.123. The monoisotopic (exact) mass is 415 g/mol. The molecule has 1 amide bonds. The van der Waals surface area contributed by atoms with Crippen molar-refractivity contribution in [2.24, 2.45) is 5.92 Å². The number of Topliss-reactive ketones (excluding diaryl/α,β-unsaturated/α-hetero) is 1. The van der Waals surface area contributed by atoms with Gasteiger partial charge in [-0.05, 0) is 42.9 Å². The maximum Gasteiger partial charge on any atom is 0.227 e. The van der Waals surface area contributed by atoms with E-state index in [0.29, 0.717) is 12.3 Å². The number of carbonyl (C=O) groups is 2. The zero-order valence-electron chi connectivity index (χ0n) is 17.9. The number of aromatic nitrogens is 2. The molecule has 3 atom stereocenters. The first-order chi connectivity index (χ1) is 15.1. The molecule has 1 unspecified atom stereocenters. The maximum absolute atomic E-state index is 13.1. The highest BCUT2D eigenvalue weighted by Crippen LogP contribution is 2.26. The first-order valence-electron chi connectivity index (χ1n) is 11.0. The summed E-state index contributed by atoms with van der Waals surface area (Å²) in [5, 5.41) is 3.22. The molecule has 1 aliphatic rings. The van der Waals surface area contributed by atoms with Gasteiger partial charge in [-0.3, -0.25) is 9.59 Å². The van der Waals surface area contributed by atoms with Crippen LogP contribution < -0.4 is 5.32 Å². The van der Waals surface area contributed by atoms with E-state index in [9.17, 15) is 9.59 Å². The molecule has 0 bridgehead atoms. The molecule has 1 heterocycles. The van der Waals surface area contributed by atoms with Crippen LogP contribution in [-0.4, -0.2) is 21.2 Å². The number of amides is 1. The normalized spacial score (nSPS) is 18.0. The van der Waals surface area contributed by atoms with Gasteiger partial charge in [0.05, 0.1) is 18.3 Å². The number of hydrogen-bond donors (Lipinski definition) is 1. The summed E-state index contributed by atoms with van der Waals surface area (Å²) in [6.45, 7) is 2.56. The third-order valence-corrected chi connectivity index (χ3v) is 6.26. The molecule has 31 heavy (non-hydrogen) atoms. The fourth-order valence-electron chi connectivity index (χ4n) is 4.30. The van der Waals surface area contributed by atoms with E-state index in [1.807, 2.05) is 60.2 Å². The molecule has 1 N–H and O–H groups in total. The fourth-order valence-corrected chi connectivity index (χ4v) is 4.30. The van der Waals surface area contributed by atoms with Crippen molar-refractivity contribution in [3.63, 3.8) is 0 Å². The van der Waals surface area contributed by atoms with Crippen LogP contribution in [0.5, 0.6) is 0 Å². The van der Waals surface area contributed by atoms with Crippen LogP contribution in [0.2, 0.25) is 0 Å². The predicted molar refractivity (Wildman–Crippen MR) is 120 cm³/mol. The quantitative estimate of drug-likeness (QED) is 0.591. The number of hydrogen-bond acceptors (Lipinski definition) is 3. The second-order valence-corrected chi connectivity index (χ2v) is 8.45. The molecule has 1 aromatic heterocycles. The van der Waals surface area contributed by atoms with Crippen molar-refractivity contribution in [3.05, 3.63) is 90.0 Å². The minimum absolute atomic E-state index is 0.00677. The van der Waals surface area contributed by atoms with Crippen molar-refractivity contribution in [2.75, 3.05) is 0 Å². The van der Waals surface area contributed by atoms with E-state index in [-0.39, 0.29) is 23.8 Å². The first kappa shape index (κ1) is 21.0. The zero-order valence-corrected chi connectivity index (χ0v) is 17.9. The third-order valence-electron chi connectivity index (χ3n) is 6.26. The molecule has 3 aromatic rings. The lowest BCUT2D eigenvalue weighted by Gasteiger charge is -2.22. The molecule has 5 nitrogen and oxygen atoms in total. The van der Waals surface area contributed by atoms with Crippen LogP contribution in [0.1, 0.15) is 54.8 Å². The summed E-state index contributed by atoms with van der Waals surface area (Å²) in [6, 6.07) is 18.0. The number of nitrogens with one attached hydrogen (secondary N) is 1. The Morgan fingerprint density at radius 2 is 1.90 bits per heavy atom. The molecule has 0 spiro atoms. The molecule has 5 heteroatoms. The molecular weight excluding hydrogens is 386 g/mol. The average Bonchev–Trinajstić information content (AvgIpc) is 3.46. The molecule has 0 radical (unpaired) electrons. The van der Waals surface area contributed by atoms with E-state index in [2.05, 4.69) is 22.4 Å². The van der Waals surface area contributed by atoms with Gasteiger partial charge in [-0.15, -0.1) is 0 Å². The van der Waals surface area contributed by atoms with E-state index in [1.165, 1.54) is 5.56 Å². The summed E-state index contributed by atoms with van der Waals surface area (Å²) in [6.07, 6.45) is 8.95. The largest absolute Gasteiger partial charge is 0.347 e. The molecule has 2 aromatic carbocycles. The molecule has 160 valence electrons. The highest BCUT2D eigenvalue weighted by Gasteiger charge is 2.25. The van der Waals surface area contributed by atoms with Gasteiger partial charge in [0.2, 0.25) is 5.91 Å². The van der Waals surface area contributed by atoms with Crippen LogP contribution in [0.15, 0.2) is 73.3 Å². The Balaban J connectivity index is 1.42. The molecule has 1 saturated carbocycles. The van der Waals surface area contributed by atoms with Crippen molar-refractivity contribution in [1.82, 2.24) is 14.9 Å². The second-order valence-electron chi connectivity index (χ2n) is 8.45. The Hall–Kier alpha value is -3.21. The van der Waals surface area contributed by atoms with Crippen molar-refractivity contribution >= 4 is 11.7 Å². The van der Waals surface area contributed by atoms with Crippen molar-refractivity contribution < 1.29 is 9.59 Å². The van der Waals surface area contributed by atoms with Crippen LogP contribution in [0.25, 0.3) is 0 Å². The van der Waals surface area contributed by atoms with Gasteiger partial charge in [-0.1, -0.05) is 54.6 Å². The molecule has 0 saturated heterocycles. The van der Waals surface area contributed by atoms with Gasteiger partial charge in [0.15, 0.2) is 0 Å². The summed E-state index contributed by atoms with van der Waals surface area (Å²) >= 11 is 0. The highest BCUT2D eigenvalue weighted by molar-refractivity contribution is 5.84. The van der Waals surface area contributed by atoms with Gasteiger partial charge in [0.1, 0.15) is 5.78 Å². The number of nitrogens with zero attached hydrogens (tertiary/aromatic N) is 2. The number of benzene rings is 2. The Morgan fingerprint density at radius 3 is 2.55 bits per heavy atom. The number of rotatable bonds is 8. The summed E-state index contributed by atoms with van der Waals surface area (Å²) in [4.78, 5) is 29.1. The fraction of sp³-hybridized carbons (Fsp3) is 0.346. The van der Waals surface area contributed by atoms with E-state index >= 15 is 0 Å². The van der Waals surface area contributed by atoms with E-state index < -0.39 is 0 Å². The van der Waals surface area contributed by atoms with Crippen LogP contribution in [0, 0.1) is 5.92 Å². The van der Waals surface area contributed by atoms with E-state index in [0.717, 1.165) is 36.8 Å². The van der Waals surface area contributed by atoms with Crippen molar-refractivity contribution in [3.8, 4) is 0 Å². The van der Waals surface area contributed by atoms with Gasteiger partial charge >= 0.3 is 0 Å². The average molecular weight is 416 g/mol. The Kier molecular flexibility index (Phi) is 6.60. The highest BCUT2D eigenvalue weighted by atomic mass is 16.2. The van der Waals surface area contributed by atoms with Crippen LogP contribution in [0.3, 0.4) is 0 Å². The van der Waals surface area contributed by atoms with Gasteiger partial charge in [-0.25, -0.2) is 4.98 Å². The summed E-state index contributed by atoms with van der Waals surface area (Å²) in [5.41, 5.74) is 3.21. The van der Waals surface area contributed by atoms with Crippen molar-refractivity contribution in [2.45, 2.75) is 51.1 Å². The maximum atomic E-state index is 13.1.